The first-order valence-corrected chi connectivity index (χ1v) is 4.67. The van der Waals surface area contributed by atoms with E-state index in [0.717, 1.165) is 0 Å². The summed E-state index contributed by atoms with van der Waals surface area (Å²) in [6.45, 7) is 2.00. The van der Waals surface area contributed by atoms with Crippen molar-refractivity contribution < 1.29 is 13.5 Å². The van der Waals surface area contributed by atoms with Crippen LogP contribution in [0.15, 0.2) is 0 Å². The van der Waals surface area contributed by atoms with Gasteiger partial charge in [-0.1, -0.05) is 0 Å². The van der Waals surface area contributed by atoms with E-state index in [1.165, 1.54) is 11.9 Å². The third kappa shape index (κ3) is 6.04. The summed E-state index contributed by atoms with van der Waals surface area (Å²) in [5.74, 6) is 0. The van der Waals surface area contributed by atoms with Crippen LogP contribution in [0.25, 0.3) is 0 Å². The van der Waals surface area contributed by atoms with Gasteiger partial charge >= 0.3 is 0 Å². The molecule has 1 atom stereocenters. The molecule has 0 aromatic rings. The SMILES string of the molecule is COCC(C)NC(=S)N(C)CC(F)F. The lowest BCUT2D eigenvalue weighted by atomic mass is 10.4. The Kier molecular flexibility index (Phi) is 6.65. The smallest absolute Gasteiger partial charge is 0.255 e. The topological polar surface area (TPSA) is 24.5 Å². The van der Waals surface area contributed by atoms with E-state index in [-0.39, 0.29) is 12.6 Å². The largest absolute Gasteiger partial charge is 0.383 e. The molecule has 0 heterocycles. The van der Waals surface area contributed by atoms with Gasteiger partial charge in [0, 0.05) is 20.2 Å². The second kappa shape index (κ2) is 6.89. The van der Waals surface area contributed by atoms with Crippen molar-refractivity contribution in [2.45, 2.75) is 19.4 Å². The summed E-state index contributed by atoms with van der Waals surface area (Å²) in [5, 5.41) is 3.20. The van der Waals surface area contributed by atoms with Crippen molar-refractivity contribution in [3.8, 4) is 0 Å². The van der Waals surface area contributed by atoms with Gasteiger partial charge in [-0.3, -0.25) is 0 Å². The highest BCUT2D eigenvalue weighted by atomic mass is 32.1. The first kappa shape index (κ1) is 13.5. The van der Waals surface area contributed by atoms with Crippen molar-refractivity contribution in [2.75, 3.05) is 27.3 Å². The van der Waals surface area contributed by atoms with Crippen LogP contribution in [0.4, 0.5) is 8.78 Å². The Morgan fingerprint density at radius 2 is 2.14 bits per heavy atom. The lowest BCUT2D eigenvalue weighted by Crippen LogP contribution is -2.44. The zero-order chi connectivity index (χ0) is 11.1. The summed E-state index contributed by atoms with van der Waals surface area (Å²) in [5.41, 5.74) is 0. The zero-order valence-corrected chi connectivity index (χ0v) is 9.41. The van der Waals surface area contributed by atoms with Gasteiger partial charge < -0.3 is 15.0 Å². The minimum atomic E-state index is -2.38. The van der Waals surface area contributed by atoms with Crippen LogP contribution in [0, 0.1) is 0 Å². The number of alkyl halides is 2. The minimum absolute atomic E-state index is 0.0209. The normalized spacial score (nSPS) is 12.7. The first-order chi connectivity index (χ1) is 6.47. The fourth-order valence-electron chi connectivity index (χ4n) is 0.903. The number of thiocarbonyl (C=S) groups is 1. The lowest BCUT2D eigenvalue weighted by Gasteiger charge is -2.23. The third-order valence-electron chi connectivity index (χ3n) is 1.55. The number of methoxy groups -OCH3 is 1. The van der Waals surface area contributed by atoms with Crippen LogP contribution < -0.4 is 5.32 Å². The molecule has 0 aliphatic rings. The molecule has 0 aliphatic heterocycles. The molecule has 0 spiro atoms. The quantitative estimate of drug-likeness (QED) is 0.709. The summed E-state index contributed by atoms with van der Waals surface area (Å²) >= 11 is 4.91. The van der Waals surface area contributed by atoms with Crippen LogP contribution in [-0.4, -0.2) is 49.8 Å². The summed E-state index contributed by atoms with van der Waals surface area (Å²) < 4.78 is 28.8. The monoisotopic (exact) mass is 226 g/mol. The predicted molar refractivity (Wildman–Crippen MR) is 55.7 cm³/mol. The Balaban J connectivity index is 3.82. The van der Waals surface area contributed by atoms with Crippen molar-refractivity contribution in [3.05, 3.63) is 0 Å². The molecule has 0 rings (SSSR count). The molecule has 0 fully saturated rings. The maximum atomic E-state index is 12.0. The fraction of sp³-hybridized carbons (Fsp3) is 0.875. The van der Waals surface area contributed by atoms with Gasteiger partial charge in [0.15, 0.2) is 5.11 Å². The Morgan fingerprint density at radius 1 is 1.57 bits per heavy atom. The van der Waals surface area contributed by atoms with Gasteiger partial charge in [-0.15, -0.1) is 0 Å². The Labute approximate surface area is 88.4 Å². The van der Waals surface area contributed by atoms with Crippen LogP contribution in [0.2, 0.25) is 0 Å². The number of rotatable bonds is 5. The molecule has 3 nitrogen and oxygen atoms in total. The average Bonchev–Trinajstić information content (AvgIpc) is 2.02. The van der Waals surface area contributed by atoms with E-state index in [4.69, 9.17) is 17.0 Å². The van der Waals surface area contributed by atoms with Crippen molar-refractivity contribution in [3.63, 3.8) is 0 Å². The van der Waals surface area contributed by atoms with E-state index in [0.29, 0.717) is 11.7 Å². The molecule has 0 aromatic heterocycles. The molecule has 0 aromatic carbocycles. The van der Waals surface area contributed by atoms with Gasteiger partial charge in [0.1, 0.15) is 0 Å². The number of nitrogens with one attached hydrogen (secondary N) is 1. The Morgan fingerprint density at radius 3 is 2.57 bits per heavy atom. The molecule has 0 amide bonds. The van der Waals surface area contributed by atoms with Crippen LogP contribution in [0.3, 0.4) is 0 Å². The molecular weight excluding hydrogens is 210 g/mol. The molecule has 1 N–H and O–H groups in total. The molecule has 0 saturated heterocycles. The number of ether oxygens (including phenoxy) is 1. The van der Waals surface area contributed by atoms with E-state index in [2.05, 4.69) is 5.32 Å². The summed E-state index contributed by atoms with van der Waals surface area (Å²) in [6, 6.07) is 0.0209. The number of halogens is 2. The van der Waals surface area contributed by atoms with Crippen LogP contribution in [-0.2, 0) is 4.74 Å². The molecule has 0 aliphatic carbocycles. The molecular formula is C8H16F2N2OS. The lowest BCUT2D eigenvalue weighted by molar-refractivity contribution is 0.122. The van der Waals surface area contributed by atoms with Gasteiger partial charge in [-0.05, 0) is 19.1 Å². The van der Waals surface area contributed by atoms with E-state index >= 15 is 0 Å². The highest BCUT2D eigenvalue weighted by Crippen LogP contribution is 1.96. The van der Waals surface area contributed by atoms with E-state index in [9.17, 15) is 8.78 Å². The van der Waals surface area contributed by atoms with Gasteiger partial charge in [0.05, 0.1) is 13.2 Å². The van der Waals surface area contributed by atoms with Gasteiger partial charge in [-0.25, -0.2) is 8.78 Å². The molecule has 0 radical (unpaired) electrons. The van der Waals surface area contributed by atoms with E-state index < -0.39 is 6.43 Å². The van der Waals surface area contributed by atoms with E-state index in [1.54, 1.807) is 7.11 Å². The molecule has 1 unspecified atom stereocenters. The standard InChI is InChI=1S/C8H16F2N2OS/c1-6(5-13-3)11-8(14)12(2)4-7(9)10/h6-7H,4-5H2,1-3H3,(H,11,14). The van der Waals surface area contributed by atoms with Crippen molar-refractivity contribution in [1.82, 2.24) is 10.2 Å². The second-order valence-corrected chi connectivity index (χ2v) is 3.46. The summed E-state index contributed by atoms with van der Waals surface area (Å²) in [7, 11) is 3.10. The van der Waals surface area contributed by atoms with Crippen molar-refractivity contribution >= 4 is 17.3 Å². The molecule has 0 saturated carbocycles. The number of nitrogens with zero attached hydrogens (tertiary/aromatic N) is 1. The average molecular weight is 226 g/mol. The van der Waals surface area contributed by atoms with Gasteiger partial charge in [0.2, 0.25) is 0 Å². The van der Waals surface area contributed by atoms with Crippen LogP contribution >= 0.6 is 12.2 Å². The van der Waals surface area contributed by atoms with Crippen molar-refractivity contribution in [1.29, 1.82) is 0 Å². The molecule has 14 heavy (non-hydrogen) atoms. The van der Waals surface area contributed by atoms with Gasteiger partial charge in [-0.2, -0.15) is 0 Å². The van der Waals surface area contributed by atoms with Crippen molar-refractivity contribution in [2.24, 2.45) is 0 Å². The zero-order valence-electron chi connectivity index (χ0n) is 8.59. The maximum Gasteiger partial charge on any atom is 0.255 e. The predicted octanol–water partition coefficient (Wildman–Crippen LogP) is 1.09. The first-order valence-electron chi connectivity index (χ1n) is 4.26. The highest BCUT2D eigenvalue weighted by molar-refractivity contribution is 7.80. The van der Waals surface area contributed by atoms with Crippen LogP contribution in [0.5, 0.6) is 0 Å². The highest BCUT2D eigenvalue weighted by Gasteiger charge is 2.12. The second-order valence-electron chi connectivity index (χ2n) is 3.08. The summed E-state index contributed by atoms with van der Waals surface area (Å²) in [4.78, 5) is 1.31. The summed E-state index contributed by atoms with van der Waals surface area (Å²) in [6.07, 6.45) is -2.38. The molecule has 0 bridgehead atoms. The molecule has 84 valence electrons. The van der Waals surface area contributed by atoms with Gasteiger partial charge in [0.25, 0.3) is 6.43 Å². The third-order valence-corrected chi connectivity index (χ3v) is 1.97. The van der Waals surface area contributed by atoms with Crippen LogP contribution in [0.1, 0.15) is 6.92 Å². The number of hydrogen-bond donors (Lipinski definition) is 1. The Bertz CT molecular complexity index is 181. The van der Waals surface area contributed by atoms with E-state index in [1.807, 2.05) is 6.92 Å². The minimum Gasteiger partial charge on any atom is -0.383 e. The molecule has 6 heteroatoms. The Hall–Kier alpha value is -0.490. The number of hydrogen-bond acceptors (Lipinski definition) is 2. The fourth-order valence-corrected chi connectivity index (χ4v) is 1.18. The maximum absolute atomic E-state index is 12.0.